The van der Waals surface area contributed by atoms with Gasteiger partial charge in [0.1, 0.15) is 0 Å². The Morgan fingerprint density at radius 3 is 2.56 bits per heavy atom. The van der Waals surface area contributed by atoms with Crippen molar-refractivity contribution in [2.45, 2.75) is 38.1 Å². The van der Waals surface area contributed by atoms with Crippen molar-refractivity contribution < 1.29 is 19.3 Å². The summed E-state index contributed by atoms with van der Waals surface area (Å²) in [5.41, 5.74) is 0.134. The van der Waals surface area contributed by atoms with E-state index in [0.29, 0.717) is 24.2 Å². The summed E-state index contributed by atoms with van der Waals surface area (Å²) in [4.78, 5) is 54.2. The Bertz CT molecular complexity index is 1130. The van der Waals surface area contributed by atoms with E-state index in [2.05, 4.69) is 5.32 Å². The molecular weight excluding hydrogens is 412 g/mol. The third kappa shape index (κ3) is 2.88. The largest absolute Gasteiger partial charge is 0.367 e. The van der Waals surface area contributed by atoms with Gasteiger partial charge in [0.15, 0.2) is 5.41 Å². The van der Waals surface area contributed by atoms with E-state index < -0.39 is 34.2 Å². The number of urea groups is 1. The van der Waals surface area contributed by atoms with E-state index in [0.717, 1.165) is 29.8 Å². The summed E-state index contributed by atoms with van der Waals surface area (Å²) in [7, 11) is 0. The van der Waals surface area contributed by atoms with E-state index >= 15 is 0 Å². The lowest BCUT2D eigenvalue weighted by Crippen LogP contribution is -2.72. The number of para-hydroxylation sites is 1. The number of carbonyl (C=O) groups is 3. The summed E-state index contributed by atoms with van der Waals surface area (Å²) in [6.07, 6.45) is 3.33. The molecule has 9 heteroatoms. The fraction of sp³-hybridized carbons (Fsp3) is 0.348. The molecule has 0 bridgehead atoms. The number of carbonyl (C=O) groups excluding carboxylic acids is 3. The van der Waals surface area contributed by atoms with Crippen LogP contribution >= 0.6 is 0 Å². The summed E-state index contributed by atoms with van der Waals surface area (Å²) in [5, 5.41) is 13.8. The first-order valence-corrected chi connectivity index (χ1v) is 10.7. The lowest BCUT2D eigenvalue weighted by atomic mass is 9.67. The van der Waals surface area contributed by atoms with Gasteiger partial charge in [-0.1, -0.05) is 31.0 Å². The van der Waals surface area contributed by atoms with Crippen molar-refractivity contribution in [3.05, 3.63) is 64.2 Å². The monoisotopic (exact) mass is 434 g/mol. The molecule has 2 saturated heterocycles. The molecule has 3 heterocycles. The molecule has 5 rings (SSSR count). The Morgan fingerprint density at radius 1 is 1.03 bits per heavy atom. The molecule has 0 unspecified atom stereocenters. The highest BCUT2D eigenvalue weighted by Gasteiger charge is 2.62. The lowest BCUT2D eigenvalue weighted by molar-refractivity contribution is -0.384. The second kappa shape index (κ2) is 7.44. The van der Waals surface area contributed by atoms with Crippen LogP contribution in [0, 0.1) is 15.5 Å². The summed E-state index contributed by atoms with van der Waals surface area (Å²) in [6, 6.07) is 11.9. The van der Waals surface area contributed by atoms with Crippen LogP contribution in [0.4, 0.5) is 21.9 Å². The Hall–Kier alpha value is -3.75. The summed E-state index contributed by atoms with van der Waals surface area (Å²) < 4.78 is 0. The smallest absolute Gasteiger partial charge is 0.335 e. The van der Waals surface area contributed by atoms with E-state index in [1.54, 1.807) is 36.4 Å². The molecule has 2 fully saturated rings. The standard InChI is InChI=1S/C23H22N4O5/c28-20-23(21(29)26(22(30)24-20)16-7-3-1-4-8-16)14-15-13-17(27(31)32)10-11-18(15)25-12-6-2-5-9-19(23)25/h1,3-4,7-8,10-11,13,19H,2,5-6,9,12,14H2,(H,24,28,30)/t19-,23-/m1/s1. The van der Waals surface area contributed by atoms with E-state index in [1.165, 1.54) is 12.1 Å². The number of nitrogens with one attached hydrogen (secondary N) is 1. The molecule has 1 spiro atoms. The maximum atomic E-state index is 14.0. The van der Waals surface area contributed by atoms with Crippen LogP contribution in [0.25, 0.3) is 0 Å². The van der Waals surface area contributed by atoms with Crippen LogP contribution in [0.3, 0.4) is 0 Å². The molecule has 32 heavy (non-hydrogen) atoms. The van der Waals surface area contributed by atoms with Gasteiger partial charge in [-0.25, -0.2) is 9.69 Å². The average molecular weight is 434 g/mol. The third-order valence-corrected chi connectivity index (χ3v) is 6.80. The predicted octanol–water partition coefficient (Wildman–Crippen LogP) is 3.17. The summed E-state index contributed by atoms with van der Waals surface area (Å²) in [6.45, 7) is 0.636. The first-order valence-electron chi connectivity index (χ1n) is 10.7. The molecule has 9 nitrogen and oxygen atoms in total. The number of anilines is 2. The molecule has 0 aromatic heterocycles. The number of imide groups is 2. The normalized spacial score (nSPS) is 25.1. The van der Waals surface area contributed by atoms with Gasteiger partial charge in [0.25, 0.3) is 11.6 Å². The maximum absolute atomic E-state index is 14.0. The molecule has 4 amide bonds. The second-order valence-electron chi connectivity index (χ2n) is 8.51. The molecule has 0 radical (unpaired) electrons. The number of hydrogen-bond donors (Lipinski definition) is 1. The van der Waals surface area contributed by atoms with Crippen LogP contribution in [0.5, 0.6) is 0 Å². The molecule has 2 atom stereocenters. The average Bonchev–Trinajstić information content (AvgIpc) is 3.04. The van der Waals surface area contributed by atoms with E-state index in [1.807, 2.05) is 4.90 Å². The fourth-order valence-electron chi connectivity index (χ4n) is 5.35. The van der Waals surface area contributed by atoms with Crippen molar-refractivity contribution >= 4 is 34.9 Å². The number of rotatable bonds is 2. The van der Waals surface area contributed by atoms with Gasteiger partial charge >= 0.3 is 6.03 Å². The van der Waals surface area contributed by atoms with Gasteiger partial charge in [-0.3, -0.25) is 25.0 Å². The van der Waals surface area contributed by atoms with Crippen LogP contribution in [-0.2, 0) is 16.0 Å². The van der Waals surface area contributed by atoms with Gasteiger partial charge in [-0.2, -0.15) is 0 Å². The first kappa shape index (κ1) is 20.2. The number of barbiturate groups is 1. The summed E-state index contributed by atoms with van der Waals surface area (Å²) in [5.74, 6) is -1.21. The van der Waals surface area contributed by atoms with Gasteiger partial charge in [0, 0.05) is 30.8 Å². The van der Waals surface area contributed by atoms with Gasteiger partial charge in [-0.05, 0) is 36.6 Å². The minimum Gasteiger partial charge on any atom is -0.367 e. The topological polar surface area (TPSA) is 113 Å². The minimum absolute atomic E-state index is 0.00641. The van der Waals surface area contributed by atoms with Crippen LogP contribution in [0.15, 0.2) is 48.5 Å². The highest BCUT2D eigenvalue weighted by atomic mass is 16.6. The highest BCUT2D eigenvalue weighted by molar-refractivity contribution is 6.30. The predicted molar refractivity (Wildman–Crippen MR) is 116 cm³/mol. The molecule has 0 aliphatic carbocycles. The Kier molecular flexibility index (Phi) is 4.69. The molecule has 2 aromatic rings. The number of amides is 4. The van der Waals surface area contributed by atoms with Crippen molar-refractivity contribution in [2.75, 3.05) is 16.3 Å². The SMILES string of the molecule is O=C1NC(=O)[C@]2(Cc3cc([N+](=O)[O-])ccc3N3CCCCC[C@@H]32)C(=O)N1c1ccccc1. The van der Waals surface area contributed by atoms with Crippen LogP contribution in [0.2, 0.25) is 0 Å². The molecule has 1 N–H and O–H groups in total. The number of non-ortho nitro benzene ring substituents is 1. The zero-order valence-corrected chi connectivity index (χ0v) is 17.3. The third-order valence-electron chi connectivity index (χ3n) is 6.80. The molecule has 3 aliphatic rings. The minimum atomic E-state index is -1.55. The Labute approximate surface area is 184 Å². The van der Waals surface area contributed by atoms with Crippen molar-refractivity contribution in [3.63, 3.8) is 0 Å². The van der Waals surface area contributed by atoms with Crippen LogP contribution < -0.4 is 15.1 Å². The van der Waals surface area contributed by atoms with Crippen molar-refractivity contribution in [3.8, 4) is 0 Å². The number of benzene rings is 2. The van der Waals surface area contributed by atoms with E-state index in [4.69, 9.17) is 0 Å². The van der Waals surface area contributed by atoms with Crippen molar-refractivity contribution in [2.24, 2.45) is 5.41 Å². The highest BCUT2D eigenvalue weighted by Crippen LogP contribution is 2.48. The Morgan fingerprint density at radius 2 is 1.81 bits per heavy atom. The van der Waals surface area contributed by atoms with Gasteiger partial charge < -0.3 is 4.90 Å². The Balaban J connectivity index is 1.69. The fourth-order valence-corrected chi connectivity index (χ4v) is 5.35. The van der Waals surface area contributed by atoms with Crippen molar-refractivity contribution in [1.29, 1.82) is 0 Å². The van der Waals surface area contributed by atoms with Gasteiger partial charge in [-0.15, -0.1) is 0 Å². The van der Waals surface area contributed by atoms with Gasteiger partial charge in [0.2, 0.25) is 5.91 Å². The second-order valence-corrected chi connectivity index (χ2v) is 8.51. The number of nitro groups is 1. The first-order chi connectivity index (χ1) is 15.4. The quantitative estimate of drug-likeness (QED) is 0.441. The number of nitro benzene ring substituents is 1. The molecule has 164 valence electrons. The molecular formula is C23H22N4O5. The van der Waals surface area contributed by atoms with E-state index in [9.17, 15) is 24.5 Å². The molecule has 3 aliphatic heterocycles. The van der Waals surface area contributed by atoms with Crippen molar-refractivity contribution in [1.82, 2.24) is 5.32 Å². The van der Waals surface area contributed by atoms with Gasteiger partial charge in [0.05, 0.1) is 16.7 Å². The number of fused-ring (bicyclic) bond motifs is 4. The number of hydrogen-bond acceptors (Lipinski definition) is 6. The van der Waals surface area contributed by atoms with Crippen LogP contribution in [0.1, 0.15) is 31.2 Å². The molecule has 0 saturated carbocycles. The van der Waals surface area contributed by atoms with Crippen LogP contribution in [-0.4, -0.2) is 35.4 Å². The zero-order chi connectivity index (χ0) is 22.5. The summed E-state index contributed by atoms with van der Waals surface area (Å²) >= 11 is 0. The zero-order valence-electron chi connectivity index (χ0n) is 17.3. The molecule has 2 aromatic carbocycles. The van der Waals surface area contributed by atoms with E-state index in [-0.39, 0.29) is 12.1 Å². The number of nitrogens with zero attached hydrogens (tertiary/aromatic N) is 3. The lowest BCUT2D eigenvalue weighted by Gasteiger charge is -2.51. The maximum Gasteiger partial charge on any atom is 0.335 e.